The number of carbonyl (C=O) groups is 1. The Balaban J connectivity index is 1.14. The summed E-state index contributed by atoms with van der Waals surface area (Å²) >= 11 is 0. The van der Waals surface area contributed by atoms with Gasteiger partial charge in [0, 0.05) is 31.6 Å². The van der Waals surface area contributed by atoms with Gasteiger partial charge in [-0.15, -0.1) is 0 Å². The number of ether oxygens (including phenoxy) is 1. The van der Waals surface area contributed by atoms with Gasteiger partial charge in [0.05, 0.1) is 11.6 Å². The Bertz CT molecular complexity index is 923. The fraction of sp³-hybridized carbons (Fsp3) is 0.625. The van der Waals surface area contributed by atoms with Crippen molar-refractivity contribution in [2.75, 3.05) is 51.2 Å². The van der Waals surface area contributed by atoms with E-state index in [1.165, 1.54) is 45.3 Å². The number of hydrogen-bond donors (Lipinski definition) is 1. The average molecular weight is 424 g/mol. The number of nitrogens with zero attached hydrogens (tertiary/aromatic N) is 4. The number of aromatic nitrogens is 2. The molecule has 0 radical (unpaired) electrons. The average Bonchev–Trinajstić information content (AvgIpc) is 3.59. The van der Waals surface area contributed by atoms with Crippen LogP contribution in [0.5, 0.6) is 0 Å². The minimum absolute atomic E-state index is 0.0262. The molecule has 3 heterocycles. The van der Waals surface area contributed by atoms with Crippen molar-refractivity contribution >= 4 is 22.6 Å². The molecule has 0 bridgehead atoms. The number of hydrogen-bond acceptors (Lipinski definition) is 6. The molecule has 7 nitrogen and oxygen atoms in total. The minimum atomic E-state index is -0.0262. The van der Waals surface area contributed by atoms with Gasteiger partial charge < -0.3 is 19.9 Å². The van der Waals surface area contributed by atoms with Crippen LogP contribution in [0.3, 0.4) is 0 Å². The molecule has 1 amide bonds. The summed E-state index contributed by atoms with van der Waals surface area (Å²) in [6, 6.07) is 8.02. The van der Waals surface area contributed by atoms with Gasteiger partial charge >= 0.3 is 0 Å². The molecular weight excluding hydrogens is 390 g/mol. The van der Waals surface area contributed by atoms with Crippen LogP contribution in [0, 0.1) is 18.8 Å². The van der Waals surface area contributed by atoms with E-state index in [0.717, 1.165) is 35.0 Å². The zero-order chi connectivity index (χ0) is 21.2. The van der Waals surface area contributed by atoms with Gasteiger partial charge in [-0.25, -0.2) is 9.97 Å². The van der Waals surface area contributed by atoms with Gasteiger partial charge in [-0.3, -0.25) is 4.79 Å². The lowest BCUT2D eigenvalue weighted by Crippen LogP contribution is -2.51. The van der Waals surface area contributed by atoms with E-state index in [0.29, 0.717) is 19.0 Å². The summed E-state index contributed by atoms with van der Waals surface area (Å²) in [6.45, 7) is 7.89. The normalized spacial score (nSPS) is 23.5. The minimum Gasteiger partial charge on any atom is -0.367 e. The molecule has 3 aliphatic rings. The van der Waals surface area contributed by atoms with Crippen LogP contribution in [0.15, 0.2) is 24.3 Å². The third-order valence-corrected chi connectivity index (χ3v) is 6.83. The molecule has 7 heteroatoms. The molecule has 5 rings (SSSR count). The van der Waals surface area contributed by atoms with Crippen molar-refractivity contribution in [2.45, 2.75) is 38.7 Å². The van der Waals surface area contributed by atoms with Crippen molar-refractivity contribution in [3.05, 3.63) is 30.1 Å². The molecule has 1 aromatic heterocycles. The van der Waals surface area contributed by atoms with Gasteiger partial charge in [0.25, 0.3) is 0 Å². The first-order chi connectivity index (χ1) is 15.1. The van der Waals surface area contributed by atoms with Crippen LogP contribution in [0.2, 0.25) is 0 Å². The molecule has 1 aliphatic carbocycles. The molecule has 2 aromatic rings. The predicted octanol–water partition coefficient (Wildman–Crippen LogP) is 2.70. The molecule has 2 saturated heterocycles. The van der Waals surface area contributed by atoms with E-state index in [2.05, 4.69) is 20.2 Å². The van der Waals surface area contributed by atoms with E-state index >= 15 is 0 Å². The summed E-state index contributed by atoms with van der Waals surface area (Å²) in [4.78, 5) is 26.2. The van der Waals surface area contributed by atoms with Crippen molar-refractivity contribution in [1.29, 1.82) is 0 Å². The number of piperidine rings is 1. The van der Waals surface area contributed by atoms with Crippen LogP contribution in [-0.2, 0) is 9.53 Å². The van der Waals surface area contributed by atoms with Crippen LogP contribution >= 0.6 is 0 Å². The fourth-order valence-electron chi connectivity index (χ4n) is 4.85. The van der Waals surface area contributed by atoms with Gasteiger partial charge in [-0.2, -0.15) is 0 Å². The summed E-state index contributed by atoms with van der Waals surface area (Å²) in [5.41, 5.74) is 0.937. The van der Waals surface area contributed by atoms with Crippen molar-refractivity contribution < 1.29 is 9.53 Å². The molecule has 166 valence electrons. The quantitative estimate of drug-likeness (QED) is 0.738. The highest BCUT2D eigenvalue weighted by atomic mass is 16.5. The number of likely N-dealkylation sites (tertiary alicyclic amines) is 1. The zero-order valence-corrected chi connectivity index (χ0v) is 18.4. The number of nitrogens with one attached hydrogen (secondary N) is 1. The lowest BCUT2D eigenvalue weighted by molar-refractivity contribution is -0.149. The highest BCUT2D eigenvalue weighted by Crippen LogP contribution is 2.31. The second kappa shape index (κ2) is 9.09. The number of benzene rings is 1. The van der Waals surface area contributed by atoms with Gasteiger partial charge in [0.2, 0.25) is 5.91 Å². The lowest BCUT2D eigenvalue weighted by Gasteiger charge is -2.38. The maximum absolute atomic E-state index is 12.5. The van der Waals surface area contributed by atoms with Gasteiger partial charge in [0.15, 0.2) is 0 Å². The Labute approximate surface area is 184 Å². The standard InChI is InChI=1S/C24H33N5O2/c1-17-26-22-5-3-2-4-21(22)24(27-17)25-12-20-15-29(23(30)16-31-20)14-19-8-10-28(11-9-19)13-18-6-7-18/h2-5,18-20H,6-16H2,1H3,(H,25,26,27). The number of carbonyl (C=O) groups excluding carboxylic acids is 1. The highest BCUT2D eigenvalue weighted by Gasteiger charge is 2.31. The van der Waals surface area contributed by atoms with E-state index in [1.807, 2.05) is 36.1 Å². The van der Waals surface area contributed by atoms with E-state index < -0.39 is 0 Å². The smallest absolute Gasteiger partial charge is 0.248 e. The summed E-state index contributed by atoms with van der Waals surface area (Å²) in [5, 5.41) is 4.46. The monoisotopic (exact) mass is 423 g/mol. The second-order valence-corrected chi connectivity index (χ2v) is 9.44. The van der Waals surface area contributed by atoms with Crippen molar-refractivity contribution in [2.24, 2.45) is 11.8 Å². The molecule has 1 aromatic carbocycles. The Morgan fingerprint density at radius 1 is 1.06 bits per heavy atom. The maximum atomic E-state index is 12.5. The summed E-state index contributed by atoms with van der Waals surface area (Å²) in [5.74, 6) is 3.27. The molecule has 1 atom stereocenters. The zero-order valence-electron chi connectivity index (χ0n) is 18.4. The van der Waals surface area contributed by atoms with Crippen LogP contribution in [-0.4, -0.2) is 77.7 Å². The summed E-state index contributed by atoms with van der Waals surface area (Å²) in [7, 11) is 0. The molecule has 3 fully saturated rings. The first-order valence-electron chi connectivity index (χ1n) is 11.7. The van der Waals surface area contributed by atoms with Crippen LogP contribution < -0.4 is 5.32 Å². The maximum Gasteiger partial charge on any atom is 0.248 e. The number of aryl methyl sites for hydroxylation is 1. The molecule has 1 N–H and O–H groups in total. The Hall–Kier alpha value is -2.25. The first kappa shape index (κ1) is 20.6. The van der Waals surface area contributed by atoms with Gasteiger partial charge in [0.1, 0.15) is 18.2 Å². The molecular formula is C24H33N5O2. The number of fused-ring (bicyclic) bond motifs is 1. The summed E-state index contributed by atoms with van der Waals surface area (Å²) < 4.78 is 5.84. The predicted molar refractivity (Wildman–Crippen MR) is 121 cm³/mol. The van der Waals surface area contributed by atoms with E-state index in [4.69, 9.17) is 4.74 Å². The fourth-order valence-corrected chi connectivity index (χ4v) is 4.85. The lowest BCUT2D eigenvalue weighted by atomic mass is 9.95. The SMILES string of the molecule is Cc1nc(NCC2CN(CC3CCN(CC4CC4)CC3)C(=O)CO2)c2ccccc2n1. The Kier molecular flexibility index (Phi) is 6.05. The van der Waals surface area contributed by atoms with Crippen molar-refractivity contribution in [3.8, 4) is 0 Å². The molecule has 31 heavy (non-hydrogen) atoms. The third-order valence-electron chi connectivity index (χ3n) is 6.83. The number of morpholine rings is 1. The number of amides is 1. The Morgan fingerprint density at radius 3 is 2.65 bits per heavy atom. The van der Waals surface area contributed by atoms with Crippen LogP contribution in [0.1, 0.15) is 31.5 Å². The number of anilines is 1. The van der Waals surface area contributed by atoms with Crippen molar-refractivity contribution in [3.63, 3.8) is 0 Å². The van der Waals surface area contributed by atoms with E-state index in [1.54, 1.807) is 0 Å². The molecule has 1 saturated carbocycles. The van der Waals surface area contributed by atoms with Crippen molar-refractivity contribution in [1.82, 2.24) is 19.8 Å². The molecule has 2 aliphatic heterocycles. The summed E-state index contributed by atoms with van der Waals surface area (Å²) in [6.07, 6.45) is 5.21. The van der Waals surface area contributed by atoms with Crippen LogP contribution in [0.25, 0.3) is 10.9 Å². The van der Waals surface area contributed by atoms with Crippen LogP contribution in [0.4, 0.5) is 5.82 Å². The largest absolute Gasteiger partial charge is 0.367 e. The third kappa shape index (κ3) is 5.15. The second-order valence-electron chi connectivity index (χ2n) is 9.44. The first-order valence-corrected chi connectivity index (χ1v) is 11.7. The highest BCUT2D eigenvalue weighted by molar-refractivity contribution is 5.89. The number of para-hydroxylation sites is 1. The van der Waals surface area contributed by atoms with E-state index in [-0.39, 0.29) is 18.6 Å². The van der Waals surface area contributed by atoms with Gasteiger partial charge in [-0.05, 0) is 69.7 Å². The van der Waals surface area contributed by atoms with Gasteiger partial charge in [-0.1, -0.05) is 12.1 Å². The number of rotatable bonds is 7. The molecule has 0 spiro atoms. The topological polar surface area (TPSA) is 70.6 Å². The Morgan fingerprint density at radius 2 is 1.84 bits per heavy atom. The van der Waals surface area contributed by atoms with E-state index in [9.17, 15) is 4.79 Å². The molecule has 1 unspecified atom stereocenters.